The maximum atomic E-state index is 11.9. The molecule has 2 rings (SSSR count). The van der Waals surface area contributed by atoms with E-state index in [4.69, 9.17) is 11.6 Å². The van der Waals surface area contributed by atoms with Gasteiger partial charge in [-0.3, -0.25) is 9.78 Å². The molecule has 3 nitrogen and oxygen atoms in total. The van der Waals surface area contributed by atoms with Crippen LogP contribution in [0.4, 0.5) is 0 Å². The molecule has 0 unspecified atom stereocenters. The molecule has 0 atom stereocenters. The molecule has 1 saturated heterocycles. The van der Waals surface area contributed by atoms with Gasteiger partial charge in [-0.05, 0) is 22.0 Å². The highest BCUT2D eigenvalue weighted by Gasteiger charge is 2.31. The normalized spacial score (nSPS) is 16.3. The molecular weight excluding hydrogens is 279 g/mol. The summed E-state index contributed by atoms with van der Waals surface area (Å²) in [6.07, 6.45) is 3.25. The SMILES string of the molecule is O=C(c1ccncc1Br)N1CC(CCl)C1. The van der Waals surface area contributed by atoms with Gasteiger partial charge in [-0.2, -0.15) is 0 Å². The lowest BCUT2D eigenvalue weighted by Gasteiger charge is -2.38. The highest BCUT2D eigenvalue weighted by atomic mass is 79.9. The van der Waals surface area contributed by atoms with Gasteiger partial charge in [-0.1, -0.05) is 0 Å². The van der Waals surface area contributed by atoms with E-state index in [1.165, 1.54) is 0 Å². The van der Waals surface area contributed by atoms with E-state index in [1.807, 2.05) is 0 Å². The summed E-state index contributed by atoms with van der Waals surface area (Å²) in [7, 11) is 0. The molecule has 1 amide bonds. The van der Waals surface area contributed by atoms with Gasteiger partial charge >= 0.3 is 0 Å². The minimum atomic E-state index is 0.0469. The van der Waals surface area contributed by atoms with Crippen molar-refractivity contribution < 1.29 is 4.79 Å². The molecular formula is C10H10BrClN2O. The van der Waals surface area contributed by atoms with E-state index in [1.54, 1.807) is 23.4 Å². The van der Waals surface area contributed by atoms with E-state index in [-0.39, 0.29) is 5.91 Å². The molecule has 0 aliphatic carbocycles. The zero-order chi connectivity index (χ0) is 10.8. The number of likely N-dealkylation sites (tertiary alicyclic amines) is 1. The third-order valence-corrected chi connectivity index (χ3v) is 3.53. The van der Waals surface area contributed by atoms with Gasteiger partial charge < -0.3 is 4.90 Å². The number of pyridine rings is 1. The summed E-state index contributed by atoms with van der Waals surface area (Å²) in [6.45, 7) is 1.52. The zero-order valence-electron chi connectivity index (χ0n) is 7.99. The molecule has 0 saturated carbocycles. The van der Waals surface area contributed by atoms with E-state index in [0.29, 0.717) is 17.4 Å². The topological polar surface area (TPSA) is 33.2 Å². The van der Waals surface area contributed by atoms with Crippen molar-refractivity contribution in [1.29, 1.82) is 0 Å². The van der Waals surface area contributed by atoms with Crippen molar-refractivity contribution in [3.05, 3.63) is 28.5 Å². The van der Waals surface area contributed by atoms with Crippen LogP contribution < -0.4 is 0 Å². The van der Waals surface area contributed by atoms with E-state index in [9.17, 15) is 4.79 Å². The first-order chi connectivity index (χ1) is 7.22. The molecule has 1 fully saturated rings. The van der Waals surface area contributed by atoms with Crippen molar-refractivity contribution in [2.45, 2.75) is 0 Å². The fourth-order valence-electron chi connectivity index (χ4n) is 1.55. The Morgan fingerprint density at radius 3 is 3.00 bits per heavy atom. The van der Waals surface area contributed by atoms with Crippen LogP contribution in [0.25, 0.3) is 0 Å². The number of halogens is 2. The van der Waals surface area contributed by atoms with Crippen molar-refractivity contribution in [3.63, 3.8) is 0 Å². The Hall–Kier alpha value is -0.610. The molecule has 0 spiro atoms. The number of alkyl halides is 1. The summed E-state index contributed by atoms with van der Waals surface area (Å²) in [5.41, 5.74) is 0.665. The fourth-order valence-corrected chi connectivity index (χ4v) is 2.17. The van der Waals surface area contributed by atoms with Gasteiger partial charge in [0.05, 0.1) is 5.56 Å². The molecule has 80 valence electrons. The molecule has 1 aromatic heterocycles. The van der Waals surface area contributed by atoms with Gasteiger partial charge in [0.25, 0.3) is 5.91 Å². The lowest BCUT2D eigenvalue weighted by Crippen LogP contribution is -2.50. The average molecular weight is 290 g/mol. The summed E-state index contributed by atoms with van der Waals surface area (Å²) in [6, 6.07) is 1.72. The Bertz CT molecular complexity index is 379. The van der Waals surface area contributed by atoms with Crippen molar-refractivity contribution in [1.82, 2.24) is 9.88 Å². The Kier molecular flexibility index (Phi) is 3.26. The smallest absolute Gasteiger partial charge is 0.255 e. The number of nitrogens with zero attached hydrogens (tertiary/aromatic N) is 2. The second kappa shape index (κ2) is 4.49. The summed E-state index contributed by atoms with van der Waals surface area (Å²) < 4.78 is 0.740. The molecule has 15 heavy (non-hydrogen) atoms. The van der Waals surface area contributed by atoms with Crippen molar-refractivity contribution in [2.24, 2.45) is 5.92 Å². The van der Waals surface area contributed by atoms with Crippen LogP contribution in [-0.4, -0.2) is 34.8 Å². The highest BCUT2D eigenvalue weighted by molar-refractivity contribution is 9.10. The molecule has 1 aliphatic rings. The zero-order valence-corrected chi connectivity index (χ0v) is 10.3. The predicted molar refractivity (Wildman–Crippen MR) is 62.1 cm³/mol. The molecule has 1 aromatic rings. The van der Waals surface area contributed by atoms with Crippen LogP contribution >= 0.6 is 27.5 Å². The summed E-state index contributed by atoms with van der Waals surface area (Å²) in [5, 5.41) is 0. The molecule has 5 heteroatoms. The monoisotopic (exact) mass is 288 g/mol. The Labute approximate surface area is 102 Å². The number of hydrogen-bond donors (Lipinski definition) is 0. The lowest BCUT2D eigenvalue weighted by molar-refractivity contribution is 0.0534. The standard InChI is InChI=1S/C10H10BrClN2O/c11-9-4-13-2-1-8(9)10(15)14-5-7(3-12)6-14/h1-2,4,7H,3,5-6H2. The summed E-state index contributed by atoms with van der Waals surface area (Å²) in [5.74, 6) is 1.13. The number of amides is 1. The quantitative estimate of drug-likeness (QED) is 0.782. The Balaban J connectivity index is 2.07. The van der Waals surface area contributed by atoms with Crippen LogP contribution in [0.1, 0.15) is 10.4 Å². The van der Waals surface area contributed by atoms with E-state index < -0.39 is 0 Å². The Morgan fingerprint density at radius 2 is 2.40 bits per heavy atom. The van der Waals surface area contributed by atoms with E-state index >= 15 is 0 Å². The first-order valence-corrected chi connectivity index (χ1v) is 6.00. The second-order valence-corrected chi connectivity index (χ2v) is 4.75. The minimum Gasteiger partial charge on any atom is -0.338 e. The lowest BCUT2D eigenvalue weighted by atomic mass is 10.0. The summed E-state index contributed by atoms with van der Waals surface area (Å²) >= 11 is 9.01. The molecule has 0 bridgehead atoms. The number of hydrogen-bond acceptors (Lipinski definition) is 2. The number of carbonyl (C=O) groups is 1. The predicted octanol–water partition coefficient (Wildman–Crippen LogP) is 2.15. The van der Waals surface area contributed by atoms with Crippen molar-refractivity contribution >= 4 is 33.4 Å². The van der Waals surface area contributed by atoms with Crippen LogP contribution in [0.2, 0.25) is 0 Å². The van der Waals surface area contributed by atoms with Crippen LogP contribution in [-0.2, 0) is 0 Å². The fraction of sp³-hybridized carbons (Fsp3) is 0.400. The van der Waals surface area contributed by atoms with Crippen LogP contribution in [0, 0.1) is 5.92 Å². The second-order valence-electron chi connectivity index (χ2n) is 3.59. The minimum absolute atomic E-state index is 0.0469. The number of rotatable bonds is 2. The maximum Gasteiger partial charge on any atom is 0.255 e. The van der Waals surface area contributed by atoms with E-state index in [0.717, 1.165) is 17.6 Å². The van der Waals surface area contributed by atoms with E-state index in [2.05, 4.69) is 20.9 Å². The highest BCUT2D eigenvalue weighted by Crippen LogP contribution is 2.23. The molecule has 2 heterocycles. The summed E-state index contributed by atoms with van der Waals surface area (Å²) in [4.78, 5) is 17.7. The number of aromatic nitrogens is 1. The van der Waals surface area contributed by atoms with Crippen LogP contribution in [0.5, 0.6) is 0 Å². The van der Waals surface area contributed by atoms with Crippen LogP contribution in [0.3, 0.4) is 0 Å². The number of carbonyl (C=O) groups excluding carboxylic acids is 1. The Morgan fingerprint density at radius 1 is 1.67 bits per heavy atom. The maximum absolute atomic E-state index is 11.9. The van der Waals surface area contributed by atoms with Crippen LogP contribution in [0.15, 0.2) is 22.9 Å². The molecule has 0 radical (unpaired) electrons. The van der Waals surface area contributed by atoms with Crippen molar-refractivity contribution in [3.8, 4) is 0 Å². The first-order valence-electron chi connectivity index (χ1n) is 4.67. The first kappa shape index (κ1) is 10.9. The van der Waals surface area contributed by atoms with Gasteiger partial charge in [0, 0.05) is 41.8 Å². The van der Waals surface area contributed by atoms with Gasteiger partial charge in [0.2, 0.25) is 0 Å². The van der Waals surface area contributed by atoms with Crippen molar-refractivity contribution in [2.75, 3.05) is 19.0 Å². The molecule has 1 aliphatic heterocycles. The largest absolute Gasteiger partial charge is 0.338 e. The third kappa shape index (κ3) is 2.16. The van der Waals surface area contributed by atoms with Gasteiger partial charge in [-0.25, -0.2) is 0 Å². The van der Waals surface area contributed by atoms with Gasteiger partial charge in [0.15, 0.2) is 0 Å². The molecule has 0 N–H and O–H groups in total. The average Bonchev–Trinajstić information content (AvgIpc) is 2.16. The van der Waals surface area contributed by atoms with Gasteiger partial charge in [0.1, 0.15) is 0 Å². The third-order valence-electron chi connectivity index (χ3n) is 2.47. The van der Waals surface area contributed by atoms with Gasteiger partial charge in [-0.15, -0.1) is 11.6 Å². The molecule has 0 aromatic carbocycles.